The number of benzene rings is 2. The van der Waals surface area contributed by atoms with Gasteiger partial charge in [-0.05, 0) is 42.0 Å². The fourth-order valence-corrected chi connectivity index (χ4v) is 2.73. The number of hydrogen-bond acceptors (Lipinski definition) is 4. The van der Waals surface area contributed by atoms with E-state index in [0.717, 1.165) is 4.47 Å². The maximum absolute atomic E-state index is 12.3. The van der Waals surface area contributed by atoms with Crippen molar-refractivity contribution < 1.29 is 19.4 Å². The normalized spacial score (nSPS) is 14.9. The molecule has 0 amide bonds. The SMILES string of the molecule is COc1cc(C=C2Oc3ccc(Br)cc3C2=O)cc(Cl)c1O. The van der Waals surface area contributed by atoms with Crippen LogP contribution in [0.25, 0.3) is 6.08 Å². The van der Waals surface area contributed by atoms with Gasteiger partial charge in [0.2, 0.25) is 5.78 Å². The number of aromatic hydroxyl groups is 1. The number of halogens is 2. The fraction of sp³-hybridized carbons (Fsp3) is 0.0625. The third-order valence-electron chi connectivity index (χ3n) is 3.20. The van der Waals surface area contributed by atoms with Crippen LogP contribution in [0, 0.1) is 0 Å². The van der Waals surface area contributed by atoms with Gasteiger partial charge in [-0.25, -0.2) is 0 Å². The standard InChI is InChI=1S/C16H10BrClO4/c1-21-13-5-8(4-11(18)16(13)20)6-14-15(19)10-7-9(17)2-3-12(10)22-14/h2-7,20H,1H3. The van der Waals surface area contributed by atoms with Crippen LogP contribution in [0.4, 0.5) is 0 Å². The van der Waals surface area contributed by atoms with Crippen LogP contribution >= 0.6 is 27.5 Å². The van der Waals surface area contributed by atoms with E-state index < -0.39 is 0 Å². The molecule has 1 N–H and O–H groups in total. The van der Waals surface area contributed by atoms with Crippen molar-refractivity contribution in [3.63, 3.8) is 0 Å². The Balaban J connectivity index is 2.01. The first kappa shape index (κ1) is 14.9. The van der Waals surface area contributed by atoms with Gasteiger partial charge in [-0.1, -0.05) is 27.5 Å². The molecule has 2 aromatic rings. The molecule has 6 heteroatoms. The largest absolute Gasteiger partial charge is 0.503 e. The Morgan fingerprint density at radius 3 is 2.82 bits per heavy atom. The van der Waals surface area contributed by atoms with Crippen molar-refractivity contribution in [2.24, 2.45) is 0 Å². The molecule has 0 fully saturated rings. The lowest BCUT2D eigenvalue weighted by Gasteiger charge is -2.06. The van der Waals surface area contributed by atoms with Crippen molar-refractivity contribution in [3.8, 4) is 17.2 Å². The molecule has 0 bridgehead atoms. The van der Waals surface area contributed by atoms with E-state index in [1.165, 1.54) is 13.2 Å². The van der Waals surface area contributed by atoms with Crippen molar-refractivity contribution in [1.82, 2.24) is 0 Å². The van der Waals surface area contributed by atoms with Crippen molar-refractivity contribution in [3.05, 3.63) is 56.7 Å². The third kappa shape index (κ3) is 2.58. The Bertz CT molecular complexity index is 814. The van der Waals surface area contributed by atoms with Crippen molar-refractivity contribution in [2.75, 3.05) is 7.11 Å². The number of ketones is 1. The van der Waals surface area contributed by atoms with Crippen LogP contribution in [-0.4, -0.2) is 18.0 Å². The van der Waals surface area contributed by atoms with Gasteiger partial charge >= 0.3 is 0 Å². The summed E-state index contributed by atoms with van der Waals surface area (Å²) in [6, 6.07) is 8.34. The molecule has 1 aliphatic heterocycles. The smallest absolute Gasteiger partial charge is 0.232 e. The van der Waals surface area contributed by atoms with Crippen LogP contribution in [0.15, 0.2) is 40.6 Å². The highest BCUT2D eigenvalue weighted by atomic mass is 79.9. The molecule has 0 atom stereocenters. The molecule has 1 aliphatic rings. The second kappa shape index (κ2) is 5.66. The predicted octanol–water partition coefficient (Wildman–Crippen LogP) is 4.43. The lowest BCUT2D eigenvalue weighted by molar-refractivity contribution is 0.101. The fourth-order valence-electron chi connectivity index (χ4n) is 2.15. The number of rotatable bonds is 2. The summed E-state index contributed by atoms with van der Waals surface area (Å²) in [6.07, 6.45) is 1.56. The number of phenolic OH excluding ortho intramolecular Hbond substituents is 1. The number of phenols is 1. The number of hydrogen-bond donors (Lipinski definition) is 1. The molecule has 0 unspecified atom stereocenters. The molecule has 1 heterocycles. The second-order valence-electron chi connectivity index (χ2n) is 4.63. The zero-order chi connectivity index (χ0) is 15.9. The zero-order valence-corrected chi connectivity index (χ0v) is 13.7. The van der Waals surface area contributed by atoms with Crippen molar-refractivity contribution in [1.29, 1.82) is 0 Å². The summed E-state index contributed by atoms with van der Waals surface area (Å²) >= 11 is 9.26. The van der Waals surface area contributed by atoms with Crippen molar-refractivity contribution in [2.45, 2.75) is 0 Å². The minimum absolute atomic E-state index is 0.136. The minimum Gasteiger partial charge on any atom is -0.503 e. The number of fused-ring (bicyclic) bond motifs is 1. The average Bonchev–Trinajstić information content (AvgIpc) is 2.79. The predicted molar refractivity (Wildman–Crippen MR) is 86.7 cm³/mol. The summed E-state index contributed by atoms with van der Waals surface area (Å²) in [6.45, 7) is 0. The summed E-state index contributed by atoms with van der Waals surface area (Å²) < 4.78 is 11.4. The molecule has 0 radical (unpaired) electrons. The van der Waals surface area contributed by atoms with Crippen molar-refractivity contribution >= 4 is 39.4 Å². The van der Waals surface area contributed by atoms with E-state index in [9.17, 15) is 9.90 Å². The number of ether oxygens (including phenoxy) is 2. The summed E-state index contributed by atoms with van der Waals surface area (Å²) in [4.78, 5) is 12.3. The first-order valence-electron chi connectivity index (χ1n) is 6.30. The zero-order valence-electron chi connectivity index (χ0n) is 11.4. The van der Waals surface area contributed by atoms with Gasteiger partial charge in [-0.3, -0.25) is 4.79 Å². The van der Waals surface area contributed by atoms with Gasteiger partial charge in [0.1, 0.15) is 5.75 Å². The summed E-state index contributed by atoms with van der Waals surface area (Å²) in [5.74, 6) is 0.579. The number of Topliss-reactive ketones (excluding diaryl/α,β-unsaturated/α-hetero) is 1. The molecule has 0 aromatic heterocycles. The van der Waals surface area contributed by atoms with Gasteiger partial charge in [-0.15, -0.1) is 0 Å². The van der Waals surface area contributed by atoms with E-state index in [0.29, 0.717) is 16.9 Å². The van der Waals surface area contributed by atoms with E-state index >= 15 is 0 Å². The van der Waals surface area contributed by atoms with Crippen LogP contribution in [0.1, 0.15) is 15.9 Å². The Labute approximate surface area is 140 Å². The van der Waals surface area contributed by atoms with Crippen LogP contribution in [0.2, 0.25) is 5.02 Å². The number of methoxy groups -OCH3 is 1. The van der Waals surface area contributed by atoms with Crippen LogP contribution in [0.3, 0.4) is 0 Å². The Morgan fingerprint density at radius 2 is 2.09 bits per heavy atom. The lowest BCUT2D eigenvalue weighted by atomic mass is 10.1. The monoisotopic (exact) mass is 380 g/mol. The van der Waals surface area contributed by atoms with Gasteiger partial charge in [0.25, 0.3) is 0 Å². The molecule has 0 aliphatic carbocycles. The van der Waals surface area contributed by atoms with E-state index in [-0.39, 0.29) is 28.1 Å². The minimum atomic E-state index is -0.209. The molecule has 0 saturated heterocycles. The first-order chi connectivity index (χ1) is 10.5. The van der Waals surface area contributed by atoms with Crippen LogP contribution < -0.4 is 9.47 Å². The number of carbonyl (C=O) groups excluding carboxylic acids is 1. The van der Waals surface area contributed by atoms with Gasteiger partial charge in [0.05, 0.1) is 17.7 Å². The Morgan fingerprint density at radius 1 is 1.32 bits per heavy atom. The van der Waals surface area contributed by atoms with E-state index in [2.05, 4.69) is 15.9 Å². The van der Waals surface area contributed by atoms with Crippen LogP contribution in [0.5, 0.6) is 17.2 Å². The molecular formula is C16H10BrClO4. The lowest BCUT2D eigenvalue weighted by Crippen LogP contribution is -1.98. The highest BCUT2D eigenvalue weighted by molar-refractivity contribution is 9.10. The molecule has 112 valence electrons. The maximum Gasteiger partial charge on any atom is 0.232 e. The Kier molecular flexibility index (Phi) is 3.85. The highest BCUT2D eigenvalue weighted by Crippen LogP contribution is 2.37. The highest BCUT2D eigenvalue weighted by Gasteiger charge is 2.27. The van der Waals surface area contributed by atoms with Gasteiger partial charge < -0.3 is 14.6 Å². The van der Waals surface area contributed by atoms with E-state index in [1.807, 2.05) is 0 Å². The van der Waals surface area contributed by atoms with Crippen LogP contribution in [-0.2, 0) is 0 Å². The second-order valence-corrected chi connectivity index (χ2v) is 5.96. The topological polar surface area (TPSA) is 55.8 Å². The van der Waals surface area contributed by atoms with E-state index in [4.69, 9.17) is 21.1 Å². The number of carbonyl (C=O) groups is 1. The molecule has 3 rings (SSSR count). The van der Waals surface area contributed by atoms with Gasteiger partial charge in [-0.2, -0.15) is 0 Å². The van der Waals surface area contributed by atoms with E-state index in [1.54, 1.807) is 30.3 Å². The first-order valence-corrected chi connectivity index (χ1v) is 7.47. The summed E-state index contributed by atoms with van der Waals surface area (Å²) in [7, 11) is 1.42. The summed E-state index contributed by atoms with van der Waals surface area (Å²) in [5, 5.41) is 9.86. The number of allylic oxidation sites excluding steroid dienone is 1. The molecule has 22 heavy (non-hydrogen) atoms. The van der Waals surface area contributed by atoms with Gasteiger partial charge in [0, 0.05) is 4.47 Å². The molecule has 2 aromatic carbocycles. The molecular weight excluding hydrogens is 372 g/mol. The molecule has 4 nitrogen and oxygen atoms in total. The van der Waals surface area contributed by atoms with Gasteiger partial charge in [0.15, 0.2) is 17.3 Å². The average molecular weight is 382 g/mol. The molecule has 0 saturated carbocycles. The summed E-state index contributed by atoms with van der Waals surface area (Å²) in [5.41, 5.74) is 1.09. The maximum atomic E-state index is 12.3. The third-order valence-corrected chi connectivity index (χ3v) is 3.98. The quantitative estimate of drug-likeness (QED) is 0.782. The Hall–Kier alpha value is -1.98. The molecule has 0 spiro atoms.